The van der Waals surface area contributed by atoms with E-state index in [0.29, 0.717) is 19.4 Å². The Hall–Kier alpha value is -4.66. The Morgan fingerprint density at radius 3 is 2.15 bits per heavy atom. The molecule has 4 aromatic carbocycles. The normalized spacial score (nSPS) is 19.1. The minimum absolute atomic E-state index is 0.455. The summed E-state index contributed by atoms with van der Waals surface area (Å²) in [5, 5.41) is 1.95. The van der Waals surface area contributed by atoms with E-state index < -0.39 is 0 Å². The molecule has 4 aromatic rings. The molecule has 0 bridgehead atoms. The van der Waals surface area contributed by atoms with Gasteiger partial charge in [0.1, 0.15) is 30.7 Å². The highest BCUT2D eigenvalue weighted by Gasteiger charge is 2.24. The molecule has 0 saturated heterocycles. The van der Waals surface area contributed by atoms with Crippen LogP contribution in [0.3, 0.4) is 0 Å². The maximum atomic E-state index is 6.13. The summed E-state index contributed by atoms with van der Waals surface area (Å²) in [5.41, 5.74) is 11.2. The van der Waals surface area contributed by atoms with Gasteiger partial charge >= 0.3 is 0 Å². The van der Waals surface area contributed by atoms with Crippen molar-refractivity contribution in [1.82, 2.24) is 9.80 Å². The molecule has 1 N–H and O–H groups in total. The van der Waals surface area contributed by atoms with Crippen LogP contribution in [0.4, 0.5) is 11.4 Å². The number of allylic oxidation sites excluding steroid dienone is 2. The van der Waals surface area contributed by atoms with Crippen molar-refractivity contribution < 1.29 is 19.1 Å². The predicted octanol–water partition coefficient (Wildman–Crippen LogP) is 7.75. The van der Waals surface area contributed by atoms with Crippen LogP contribution in [0.2, 0.25) is 0 Å². The molecule has 46 heavy (non-hydrogen) atoms. The summed E-state index contributed by atoms with van der Waals surface area (Å²) in [4.78, 5) is 16.7. The highest BCUT2D eigenvalue weighted by Crippen LogP contribution is 2.35. The van der Waals surface area contributed by atoms with Gasteiger partial charge < -0.3 is 19.1 Å². The fourth-order valence-corrected chi connectivity index (χ4v) is 6.70. The van der Waals surface area contributed by atoms with Crippen molar-refractivity contribution in [3.63, 3.8) is 0 Å². The minimum atomic E-state index is 0.455. The first-order chi connectivity index (χ1) is 22.6. The third-order valence-corrected chi connectivity index (χ3v) is 9.28. The molecule has 0 amide bonds. The van der Waals surface area contributed by atoms with Crippen molar-refractivity contribution in [2.45, 2.75) is 58.9 Å². The van der Waals surface area contributed by atoms with Crippen LogP contribution in [0.25, 0.3) is 0 Å². The number of fused-ring (bicyclic) bond motifs is 3. The van der Waals surface area contributed by atoms with Crippen LogP contribution in [-0.4, -0.2) is 23.3 Å². The Kier molecular flexibility index (Phi) is 7.90. The molecule has 0 spiro atoms. The van der Waals surface area contributed by atoms with Gasteiger partial charge in [-0.3, -0.25) is 9.80 Å². The summed E-state index contributed by atoms with van der Waals surface area (Å²) in [6.45, 7) is 7.41. The van der Waals surface area contributed by atoms with Crippen LogP contribution in [0.5, 0.6) is 17.2 Å². The molecule has 8 heteroatoms. The third-order valence-electron chi connectivity index (χ3n) is 9.28. The highest BCUT2D eigenvalue weighted by molar-refractivity contribution is 5.55. The number of nitrogens with one attached hydrogen (secondary N) is 1. The molecule has 236 valence electrons. The van der Waals surface area contributed by atoms with Crippen LogP contribution in [-0.2, 0) is 37.6 Å². The maximum absolute atomic E-state index is 6.13. The van der Waals surface area contributed by atoms with E-state index in [4.69, 9.17) is 19.1 Å². The summed E-state index contributed by atoms with van der Waals surface area (Å²) in [5.74, 6) is 4.31. The molecule has 1 atom stereocenters. The molecule has 0 fully saturated rings. The lowest BCUT2D eigenvalue weighted by atomic mass is 9.96. The SMILES string of the molecule is CC1CCCC=C1ONc1ccc2c(c1)CN(Cc1ccc(CN3COc4ccc(N5Cc6ccccc6O5)cc4C3)cc1)CO2. The lowest BCUT2D eigenvalue weighted by molar-refractivity contribution is 0.0878. The van der Waals surface area contributed by atoms with Gasteiger partial charge in [0.15, 0.2) is 5.75 Å². The first-order valence-electron chi connectivity index (χ1n) is 16.3. The quantitative estimate of drug-likeness (QED) is 0.202. The Bertz CT molecular complexity index is 1710. The molecular weight excluding hydrogens is 576 g/mol. The minimum Gasteiger partial charge on any atom is -0.478 e. The second-order valence-electron chi connectivity index (χ2n) is 12.8. The monoisotopic (exact) mass is 616 g/mol. The van der Waals surface area contributed by atoms with E-state index in [9.17, 15) is 0 Å². The van der Waals surface area contributed by atoms with Crippen molar-refractivity contribution in [3.05, 3.63) is 125 Å². The van der Waals surface area contributed by atoms with E-state index in [1.165, 1.54) is 35.1 Å². The number of nitrogens with zero attached hydrogens (tertiary/aromatic N) is 3. The Morgan fingerprint density at radius 1 is 0.739 bits per heavy atom. The number of hydrogen-bond acceptors (Lipinski definition) is 8. The molecule has 1 aliphatic carbocycles. The molecular formula is C38H40N4O4. The fourth-order valence-electron chi connectivity index (χ4n) is 6.70. The van der Waals surface area contributed by atoms with Crippen molar-refractivity contribution in [1.29, 1.82) is 0 Å². The Morgan fingerprint density at radius 2 is 1.43 bits per heavy atom. The van der Waals surface area contributed by atoms with E-state index in [0.717, 1.165) is 79.1 Å². The van der Waals surface area contributed by atoms with Crippen molar-refractivity contribution >= 4 is 11.4 Å². The largest absolute Gasteiger partial charge is 0.478 e. The van der Waals surface area contributed by atoms with Gasteiger partial charge in [-0.15, -0.1) is 0 Å². The maximum Gasteiger partial charge on any atom is 0.160 e. The zero-order chi connectivity index (χ0) is 30.9. The molecule has 8 rings (SSSR count). The molecule has 1 unspecified atom stereocenters. The number of hydroxylamine groups is 1. The van der Waals surface area contributed by atoms with E-state index in [2.05, 4.69) is 88.9 Å². The topological polar surface area (TPSA) is 58.7 Å². The molecule has 3 heterocycles. The van der Waals surface area contributed by atoms with E-state index in [1.807, 2.05) is 29.3 Å². The first kappa shape index (κ1) is 28.8. The summed E-state index contributed by atoms with van der Waals surface area (Å²) >= 11 is 0. The van der Waals surface area contributed by atoms with Crippen LogP contribution in [0, 0.1) is 5.92 Å². The van der Waals surface area contributed by atoms with Gasteiger partial charge in [0.25, 0.3) is 0 Å². The molecule has 0 saturated carbocycles. The van der Waals surface area contributed by atoms with Gasteiger partial charge in [-0.1, -0.05) is 49.4 Å². The van der Waals surface area contributed by atoms with Crippen molar-refractivity contribution in [2.75, 3.05) is 24.0 Å². The average Bonchev–Trinajstić information content (AvgIpc) is 3.53. The Balaban J connectivity index is 0.853. The van der Waals surface area contributed by atoms with Crippen molar-refractivity contribution in [2.24, 2.45) is 5.92 Å². The van der Waals surface area contributed by atoms with Gasteiger partial charge in [0, 0.05) is 48.8 Å². The van der Waals surface area contributed by atoms with Crippen LogP contribution >= 0.6 is 0 Å². The first-order valence-corrected chi connectivity index (χ1v) is 16.3. The lowest BCUT2D eigenvalue weighted by Gasteiger charge is -2.30. The summed E-state index contributed by atoms with van der Waals surface area (Å²) in [7, 11) is 0. The molecule has 0 aromatic heterocycles. The van der Waals surface area contributed by atoms with Gasteiger partial charge in [-0.05, 0) is 78.9 Å². The summed E-state index contributed by atoms with van der Waals surface area (Å²) < 4.78 is 12.2. The van der Waals surface area contributed by atoms with E-state index in [1.54, 1.807) is 0 Å². The molecule has 3 aliphatic heterocycles. The average molecular weight is 617 g/mol. The number of anilines is 2. The van der Waals surface area contributed by atoms with Gasteiger partial charge in [-0.25, -0.2) is 10.5 Å². The second kappa shape index (κ2) is 12.6. The number of hydrogen-bond donors (Lipinski definition) is 1. The van der Waals surface area contributed by atoms with Crippen LogP contribution in [0.1, 0.15) is 54.0 Å². The molecule has 4 aliphatic rings. The van der Waals surface area contributed by atoms with Gasteiger partial charge in [-0.2, -0.15) is 0 Å². The standard InChI is InChI=1S/C38H40N4O4/c1-27-6-2-4-8-35(27)45-39-33-14-16-36-31(18-33)22-40(25-43-36)20-28-10-12-29(13-11-28)21-41-23-32-19-34(15-17-37(32)44-26-41)42-24-30-7-3-5-9-38(30)46-42/h3,5,7-19,27,39H,2,4,6,20-26H2,1H3. The van der Waals surface area contributed by atoms with Gasteiger partial charge in [0.2, 0.25) is 0 Å². The highest BCUT2D eigenvalue weighted by atomic mass is 16.7. The lowest BCUT2D eigenvalue weighted by Crippen LogP contribution is -2.32. The zero-order valence-electron chi connectivity index (χ0n) is 26.3. The van der Waals surface area contributed by atoms with Gasteiger partial charge in [0.05, 0.1) is 17.9 Å². The predicted molar refractivity (Wildman–Crippen MR) is 178 cm³/mol. The third kappa shape index (κ3) is 6.23. The summed E-state index contributed by atoms with van der Waals surface area (Å²) in [6.07, 6.45) is 5.70. The summed E-state index contributed by atoms with van der Waals surface area (Å²) in [6, 6.07) is 29.6. The second-order valence-corrected chi connectivity index (χ2v) is 12.8. The van der Waals surface area contributed by atoms with E-state index in [-0.39, 0.29) is 0 Å². The van der Waals surface area contributed by atoms with E-state index >= 15 is 0 Å². The fraction of sp³-hybridized carbons (Fsp3) is 0.316. The zero-order valence-corrected chi connectivity index (χ0v) is 26.3. The number of para-hydroxylation sites is 1. The van der Waals surface area contributed by atoms with Crippen LogP contribution < -0.4 is 24.9 Å². The number of ether oxygens (including phenoxy) is 2. The number of rotatable bonds is 8. The molecule has 0 radical (unpaired) electrons. The molecule has 8 nitrogen and oxygen atoms in total. The number of benzene rings is 4. The smallest absolute Gasteiger partial charge is 0.160 e. The van der Waals surface area contributed by atoms with Crippen LogP contribution in [0.15, 0.2) is 96.8 Å². The van der Waals surface area contributed by atoms with Crippen molar-refractivity contribution in [3.8, 4) is 17.2 Å². The Labute approximate surface area is 270 Å².